The van der Waals surface area contributed by atoms with Crippen molar-refractivity contribution in [2.75, 3.05) is 4.90 Å². The lowest BCUT2D eigenvalue weighted by Crippen LogP contribution is -2.31. The van der Waals surface area contributed by atoms with Gasteiger partial charge < -0.3 is 0 Å². The minimum Gasteiger partial charge on any atom is -0.274 e. The first-order chi connectivity index (χ1) is 10.0. The zero-order valence-electron chi connectivity index (χ0n) is 11.5. The van der Waals surface area contributed by atoms with Gasteiger partial charge in [-0.3, -0.25) is 19.7 Å². The SMILES string of the molecule is CC1=CC[C@H]2C(=O)N(c3ccccc3[N+](=O)[O-])C(=O)[C@H]2C1. The summed E-state index contributed by atoms with van der Waals surface area (Å²) in [5.74, 6) is -1.43. The Kier molecular flexibility index (Phi) is 3.08. The molecular weight excluding hydrogens is 272 g/mol. The zero-order chi connectivity index (χ0) is 15.1. The van der Waals surface area contributed by atoms with Gasteiger partial charge in [-0.05, 0) is 25.8 Å². The van der Waals surface area contributed by atoms with Gasteiger partial charge in [0.25, 0.3) is 5.69 Å². The summed E-state index contributed by atoms with van der Waals surface area (Å²) < 4.78 is 0. The molecule has 1 aromatic rings. The van der Waals surface area contributed by atoms with Crippen molar-refractivity contribution < 1.29 is 14.5 Å². The first-order valence-electron chi connectivity index (χ1n) is 6.77. The van der Waals surface area contributed by atoms with Crippen LogP contribution < -0.4 is 4.90 Å². The molecule has 2 atom stereocenters. The van der Waals surface area contributed by atoms with E-state index < -0.39 is 4.92 Å². The molecular formula is C15H14N2O4. The van der Waals surface area contributed by atoms with Crippen molar-refractivity contribution in [3.8, 4) is 0 Å². The first-order valence-corrected chi connectivity index (χ1v) is 6.77. The molecule has 1 heterocycles. The summed E-state index contributed by atoms with van der Waals surface area (Å²) in [5, 5.41) is 11.1. The van der Waals surface area contributed by atoms with Crippen LogP contribution >= 0.6 is 0 Å². The van der Waals surface area contributed by atoms with E-state index in [4.69, 9.17) is 0 Å². The van der Waals surface area contributed by atoms with E-state index in [2.05, 4.69) is 0 Å². The second-order valence-corrected chi connectivity index (χ2v) is 5.46. The lowest BCUT2D eigenvalue weighted by atomic mass is 9.82. The fraction of sp³-hybridized carbons (Fsp3) is 0.333. The van der Waals surface area contributed by atoms with E-state index in [0.29, 0.717) is 12.8 Å². The number of rotatable bonds is 2. The summed E-state index contributed by atoms with van der Waals surface area (Å²) in [6.07, 6.45) is 3.04. The van der Waals surface area contributed by atoms with Gasteiger partial charge in [-0.25, -0.2) is 4.90 Å². The normalized spacial score (nSPS) is 24.8. The molecule has 108 valence electrons. The number of nitro benzene ring substituents is 1. The number of fused-ring (bicyclic) bond motifs is 1. The van der Waals surface area contributed by atoms with Gasteiger partial charge in [0.2, 0.25) is 11.8 Å². The Bertz CT molecular complexity index is 680. The topological polar surface area (TPSA) is 80.5 Å². The highest BCUT2D eigenvalue weighted by molar-refractivity contribution is 6.23. The van der Waals surface area contributed by atoms with Crippen LogP contribution in [0.5, 0.6) is 0 Å². The molecule has 6 heteroatoms. The number of para-hydroxylation sites is 2. The van der Waals surface area contributed by atoms with Gasteiger partial charge in [-0.15, -0.1) is 0 Å². The molecule has 0 aromatic heterocycles. The van der Waals surface area contributed by atoms with Crippen molar-refractivity contribution in [1.82, 2.24) is 0 Å². The number of allylic oxidation sites excluding steroid dienone is 2. The van der Waals surface area contributed by atoms with Gasteiger partial charge in [0.15, 0.2) is 0 Å². The predicted octanol–water partition coefficient (Wildman–Crippen LogP) is 2.44. The van der Waals surface area contributed by atoms with Crippen LogP contribution in [0, 0.1) is 22.0 Å². The third kappa shape index (κ3) is 2.03. The Hall–Kier alpha value is -2.50. The number of hydrogen-bond acceptors (Lipinski definition) is 4. The second-order valence-electron chi connectivity index (χ2n) is 5.46. The standard InChI is InChI=1S/C15H14N2O4/c1-9-6-7-10-11(8-9)15(19)16(14(10)18)12-4-2-3-5-13(12)17(20)21/h2-6,10-11H,7-8H2,1H3/t10-,11+/m1/s1. The Labute approximate surface area is 121 Å². The maximum atomic E-state index is 12.5. The first kappa shape index (κ1) is 13.5. The largest absolute Gasteiger partial charge is 0.293 e. The second kappa shape index (κ2) is 4.80. The lowest BCUT2D eigenvalue weighted by Gasteiger charge is -2.18. The molecule has 2 amide bonds. The molecule has 0 radical (unpaired) electrons. The zero-order valence-corrected chi connectivity index (χ0v) is 11.5. The van der Waals surface area contributed by atoms with Crippen molar-refractivity contribution in [2.45, 2.75) is 19.8 Å². The number of nitro groups is 1. The van der Waals surface area contributed by atoms with Crippen LogP contribution in [0.25, 0.3) is 0 Å². The fourth-order valence-corrected chi connectivity index (χ4v) is 3.08. The molecule has 1 aliphatic heterocycles. The van der Waals surface area contributed by atoms with Crippen LogP contribution in [-0.2, 0) is 9.59 Å². The van der Waals surface area contributed by atoms with E-state index in [1.54, 1.807) is 6.07 Å². The quantitative estimate of drug-likeness (QED) is 0.362. The van der Waals surface area contributed by atoms with Crippen molar-refractivity contribution in [3.05, 3.63) is 46.0 Å². The van der Waals surface area contributed by atoms with Crippen LogP contribution in [0.15, 0.2) is 35.9 Å². The molecule has 0 unspecified atom stereocenters. The Morgan fingerprint density at radius 3 is 2.57 bits per heavy atom. The third-order valence-corrected chi connectivity index (χ3v) is 4.14. The van der Waals surface area contributed by atoms with E-state index in [1.807, 2.05) is 13.0 Å². The van der Waals surface area contributed by atoms with Crippen LogP contribution in [0.1, 0.15) is 19.8 Å². The lowest BCUT2D eigenvalue weighted by molar-refractivity contribution is -0.384. The highest BCUT2D eigenvalue weighted by Crippen LogP contribution is 2.41. The Balaban J connectivity index is 2.04. The number of carbonyl (C=O) groups excluding carboxylic acids is 2. The van der Waals surface area contributed by atoms with Gasteiger partial charge in [-0.1, -0.05) is 23.8 Å². The van der Waals surface area contributed by atoms with Crippen LogP contribution in [0.2, 0.25) is 0 Å². The van der Waals surface area contributed by atoms with Gasteiger partial charge in [0, 0.05) is 6.07 Å². The van der Waals surface area contributed by atoms with Crippen molar-refractivity contribution >= 4 is 23.2 Å². The highest BCUT2D eigenvalue weighted by atomic mass is 16.6. The number of benzene rings is 1. The average molecular weight is 286 g/mol. The number of carbonyl (C=O) groups is 2. The van der Waals surface area contributed by atoms with Gasteiger partial charge in [-0.2, -0.15) is 0 Å². The van der Waals surface area contributed by atoms with Crippen molar-refractivity contribution in [3.63, 3.8) is 0 Å². The molecule has 0 saturated carbocycles. The minimum absolute atomic E-state index is 0.0737. The van der Waals surface area contributed by atoms with Gasteiger partial charge >= 0.3 is 0 Å². The van der Waals surface area contributed by atoms with Gasteiger partial charge in [0.1, 0.15) is 5.69 Å². The van der Waals surface area contributed by atoms with Gasteiger partial charge in [0.05, 0.1) is 16.8 Å². The minimum atomic E-state index is -0.568. The fourth-order valence-electron chi connectivity index (χ4n) is 3.08. The summed E-state index contributed by atoms with van der Waals surface area (Å²) in [7, 11) is 0. The number of hydrogen-bond donors (Lipinski definition) is 0. The highest BCUT2D eigenvalue weighted by Gasteiger charge is 2.49. The van der Waals surface area contributed by atoms with Crippen LogP contribution in [0.4, 0.5) is 11.4 Å². The summed E-state index contributed by atoms with van der Waals surface area (Å²) >= 11 is 0. The molecule has 0 bridgehead atoms. The monoisotopic (exact) mass is 286 g/mol. The number of nitrogens with zero attached hydrogens (tertiary/aromatic N) is 2. The van der Waals surface area contributed by atoms with Crippen LogP contribution in [-0.4, -0.2) is 16.7 Å². The summed E-state index contributed by atoms with van der Waals surface area (Å²) in [6, 6.07) is 5.87. The van der Waals surface area contributed by atoms with E-state index >= 15 is 0 Å². The number of amides is 2. The molecule has 1 fully saturated rings. The van der Waals surface area contributed by atoms with E-state index in [0.717, 1.165) is 10.5 Å². The van der Waals surface area contributed by atoms with Crippen LogP contribution in [0.3, 0.4) is 0 Å². The third-order valence-electron chi connectivity index (χ3n) is 4.14. The summed E-state index contributed by atoms with van der Waals surface area (Å²) in [5.41, 5.74) is 0.939. The Morgan fingerprint density at radius 1 is 1.19 bits per heavy atom. The van der Waals surface area contributed by atoms with Crippen molar-refractivity contribution in [2.24, 2.45) is 11.8 Å². The molecule has 1 aromatic carbocycles. The van der Waals surface area contributed by atoms with Crippen molar-refractivity contribution in [1.29, 1.82) is 0 Å². The Morgan fingerprint density at radius 2 is 1.86 bits per heavy atom. The molecule has 2 aliphatic rings. The molecule has 3 rings (SSSR count). The molecule has 0 N–H and O–H groups in total. The molecule has 1 aliphatic carbocycles. The van der Waals surface area contributed by atoms with E-state index in [1.165, 1.54) is 18.2 Å². The molecule has 1 saturated heterocycles. The van der Waals surface area contributed by atoms with E-state index in [9.17, 15) is 19.7 Å². The summed E-state index contributed by atoms with van der Waals surface area (Å²) in [4.78, 5) is 36.5. The molecule has 21 heavy (non-hydrogen) atoms. The summed E-state index contributed by atoms with van der Waals surface area (Å²) in [6.45, 7) is 1.93. The average Bonchev–Trinajstić information content (AvgIpc) is 2.70. The smallest absolute Gasteiger partial charge is 0.274 e. The predicted molar refractivity (Wildman–Crippen MR) is 75.6 cm³/mol. The maximum absolute atomic E-state index is 12.5. The number of anilines is 1. The van der Waals surface area contributed by atoms with E-state index in [-0.39, 0.29) is 35.0 Å². The maximum Gasteiger partial charge on any atom is 0.293 e. The number of imide groups is 1. The molecule has 6 nitrogen and oxygen atoms in total. The molecule has 0 spiro atoms.